The minimum atomic E-state index is -0.0103. The van der Waals surface area contributed by atoms with E-state index in [9.17, 15) is 4.79 Å². The summed E-state index contributed by atoms with van der Waals surface area (Å²) in [6.07, 6.45) is 5.03. The van der Waals surface area contributed by atoms with Crippen molar-refractivity contribution in [2.75, 3.05) is 14.2 Å². The van der Waals surface area contributed by atoms with Crippen LogP contribution < -0.4 is 15.0 Å². The van der Waals surface area contributed by atoms with E-state index in [2.05, 4.69) is 0 Å². The van der Waals surface area contributed by atoms with Crippen LogP contribution in [-0.4, -0.2) is 38.3 Å². The quantitative estimate of drug-likeness (QED) is 0.339. The number of para-hydroxylation sites is 2. The summed E-state index contributed by atoms with van der Waals surface area (Å²) < 4.78 is 14.8. The van der Waals surface area contributed by atoms with E-state index < -0.39 is 0 Å². The SMILES string of the molecule is COc1ccc(CCn2c3nc4ccccc4nc3c3c(=O)n(C4CCCC4)c(C)nc32)cc1OC. The molecule has 1 saturated carbocycles. The third-order valence-corrected chi connectivity index (χ3v) is 7.33. The van der Waals surface area contributed by atoms with Gasteiger partial charge in [-0.2, -0.15) is 0 Å². The molecule has 1 aliphatic rings. The maximum absolute atomic E-state index is 13.9. The van der Waals surface area contributed by atoms with Crippen LogP contribution in [0.25, 0.3) is 33.2 Å². The maximum Gasteiger partial charge on any atom is 0.265 e. The lowest BCUT2D eigenvalue weighted by Crippen LogP contribution is -2.27. The molecule has 3 heterocycles. The van der Waals surface area contributed by atoms with Gasteiger partial charge in [0.2, 0.25) is 0 Å². The van der Waals surface area contributed by atoms with Crippen molar-refractivity contribution in [3.63, 3.8) is 0 Å². The predicted molar refractivity (Wildman–Crippen MR) is 140 cm³/mol. The fraction of sp³-hybridized carbons (Fsp3) is 0.357. The van der Waals surface area contributed by atoms with Crippen LogP contribution in [0.5, 0.6) is 11.5 Å². The third-order valence-electron chi connectivity index (χ3n) is 7.33. The molecule has 0 spiro atoms. The molecule has 184 valence electrons. The van der Waals surface area contributed by atoms with Crippen molar-refractivity contribution in [2.45, 2.75) is 51.6 Å². The second kappa shape index (κ2) is 8.93. The molecule has 8 heteroatoms. The Hall–Kier alpha value is -3.94. The van der Waals surface area contributed by atoms with Gasteiger partial charge in [-0.15, -0.1) is 0 Å². The second-order valence-corrected chi connectivity index (χ2v) is 9.45. The Labute approximate surface area is 208 Å². The summed E-state index contributed by atoms with van der Waals surface area (Å²) in [6.45, 7) is 2.54. The van der Waals surface area contributed by atoms with Gasteiger partial charge < -0.3 is 14.0 Å². The van der Waals surface area contributed by atoms with Crippen molar-refractivity contribution in [3.8, 4) is 11.5 Å². The molecule has 3 aromatic heterocycles. The molecule has 0 aliphatic heterocycles. The number of aromatic nitrogens is 5. The Morgan fingerprint density at radius 3 is 2.36 bits per heavy atom. The molecule has 5 aromatic rings. The van der Waals surface area contributed by atoms with E-state index in [0.717, 1.165) is 48.1 Å². The first-order valence-corrected chi connectivity index (χ1v) is 12.5. The highest BCUT2D eigenvalue weighted by Crippen LogP contribution is 2.32. The Kier molecular flexibility index (Phi) is 5.59. The normalized spacial score (nSPS) is 14.3. The van der Waals surface area contributed by atoms with Crippen LogP contribution in [0.4, 0.5) is 0 Å². The van der Waals surface area contributed by atoms with Crippen LogP contribution in [0.1, 0.15) is 43.1 Å². The lowest BCUT2D eigenvalue weighted by molar-refractivity contribution is 0.354. The fourth-order valence-electron chi connectivity index (χ4n) is 5.56. The number of nitrogens with zero attached hydrogens (tertiary/aromatic N) is 5. The van der Waals surface area contributed by atoms with E-state index in [4.69, 9.17) is 24.4 Å². The number of rotatable bonds is 6. The van der Waals surface area contributed by atoms with E-state index >= 15 is 0 Å². The molecule has 0 unspecified atom stereocenters. The summed E-state index contributed by atoms with van der Waals surface area (Å²) in [5.41, 5.74) is 4.62. The summed E-state index contributed by atoms with van der Waals surface area (Å²) in [5.74, 6) is 2.13. The zero-order chi connectivity index (χ0) is 24.8. The number of aryl methyl sites for hydroxylation is 3. The molecule has 8 nitrogen and oxygen atoms in total. The first-order valence-electron chi connectivity index (χ1n) is 12.5. The van der Waals surface area contributed by atoms with Crippen molar-refractivity contribution < 1.29 is 9.47 Å². The molecular formula is C28H29N5O3. The van der Waals surface area contributed by atoms with Crippen LogP contribution in [0.2, 0.25) is 0 Å². The van der Waals surface area contributed by atoms with E-state index in [-0.39, 0.29) is 11.6 Å². The molecule has 0 atom stereocenters. The Balaban J connectivity index is 1.54. The predicted octanol–water partition coefficient (Wildman–Crippen LogP) is 4.98. The van der Waals surface area contributed by atoms with Crippen molar-refractivity contribution in [3.05, 3.63) is 64.2 Å². The average molecular weight is 484 g/mol. The van der Waals surface area contributed by atoms with Crippen molar-refractivity contribution >= 4 is 33.2 Å². The van der Waals surface area contributed by atoms with E-state index in [0.29, 0.717) is 46.7 Å². The number of fused-ring (bicyclic) bond motifs is 4. The summed E-state index contributed by atoms with van der Waals surface area (Å²) in [7, 11) is 3.27. The summed E-state index contributed by atoms with van der Waals surface area (Å²) >= 11 is 0. The lowest BCUT2D eigenvalue weighted by atomic mass is 10.1. The largest absolute Gasteiger partial charge is 0.493 e. The topological polar surface area (TPSA) is 84.1 Å². The lowest BCUT2D eigenvalue weighted by Gasteiger charge is -2.16. The number of ether oxygens (including phenoxy) is 2. The van der Waals surface area contributed by atoms with Crippen molar-refractivity contribution in [2.24, 2.45) is 0 Å². The monoisotopic (exact) mass is 483 g/mol. The summed E-state index contributed by atoms with van der Waals surface area (Å²) in [5, 5.41) is 0.563. The van der Waals surface area contributed by atoms with Gasteiger partial charge in [-0.05, 0) is 56.0 Å². The van der Waals surface area contributed by atoms with E-state index in [1.165, 1.54) is 0 Å². The summed E-state index contributed by atoms with van der Waals surface area (Å²) in [6, 6.07) is 13.9. The molecule has 0 saturated heterocycles. The van der Waals surface area contributed by atoms with E-state index in [1.54, 1.807) is 14.2 Å². The minimum Gasteiger partial charge on any atom is -0.493 e. The standard InChI is InChI=1S/C28H29N5O3/c1-17-29-26-24(28(34)33(17)19-8-4-5-9-19)25-27(31-21-11-7-6-10-20(21)30-25)32(26)15-14-18-12-13-22(35-2)23(16-18)36-3/h6-7,10-13,16,19H,4-5,8-9,14-15H2,1-3H3. The van der Waals surface area contributed by atoms with Crippen LogP contribution >= 0.6 is 0 Å². The second-order valence-electron chi connectivity index (χ2n) is 9.45. The van der Waals surface area contributed by atoms with Gasteiger partial charge in [0, 0.05) is 12.6 Å². The first kappa shape index (κ1) is 22.5. The first-order chi connectivity index (χ1) is 17.6. The number of hydrogen-bond donors (Lipinski definition) is 0. The minimum absolute atomic E-state index is 0.0103. The van der Waals surface area contributed by atoms with Crippen LogP contribution in [-0.2, 0) is 13.0 Å². The molecule has 2 aromatic carbocycles. The highest BCUT2D eigenvalue weighted by molar-refractivity contribution is 6.04. The van der Waals surface area contributed by atoms with Gasteiger partial charge in [0.15, 0.2) is 22.8 Å². The van der Waals surface area contributed by atoms with Gasteiger partial charge in [-0.1, -0.05) is 31.0 Å². The number of methoxy groups -OCH3 is 2. The zero-order valence-corrected chi connectivity index (χ0v) is 20.8. The molecule has 0 amide bonds. The highest BCUT2D eigenvalue weighted by atomic mass is 16.5. The van der Waals surface area contributed by atoms with E-state index in [1.807, 2.05) is 58.5 Å². The third kappa shape index (κ3) is 3.59. The molecule has 1 aliphatic carbocycles. The molecule has 0 bridgehead atoms. The Morgan fingerprint density at radius 1 is 0.917 bits per heavy atom. The number of benzene rings is 2. The van der Waals surface area contributed by atoms with Gasteiger partial charge in [-0.25, -0.2) is 15.0 Å². The Bertz CT molecular complexity index is 1660. The van der Waals surface area contributed by atoms with Crippen LogP contribution in [0.15, 0.2) is 47.3 Å². The highest BCUT2D eigenvalue weighted by Gasteiger charge is 2.25. The van der Waals surface area contributed by atoms with Gasteiger partial charge in [0.25, 0.3) is 5.56 Å². The molecule has 0 N–H and O–H groups in total. The number of hydrogen-bond acceptors (Lipinski definition) is 6. The van der Waals surface area contributed by atoms with Gasteiger partial charge >= 0.3 is 0 Å². The molecule has 6 rings (SSSR count). The fourth-order valence-corrected chi connectivity index (χ4v) is 5.56. The zero-order valence-electron chi connectivity index (χ0n) is 20.8. The van der Waals surface area contributed by atoms with Crippen LogP contribution in [0, 0.1) is 6.92 Å². The molecular weight excluding hydrogens is 454 g/mol. The average Bonchev–Trinajstić information content (AvgIpc) is 3.52. The molecule has 1 fully saturated rings. The maximum atomic E-state index is 13.9. The van der Waals surface area contributed by atoms with Crippen LogP contribution in [0.3, 0.4) is 0 Å². The molecule has 0 radical (unpaired) electrons. The Morgan fingerprint density at radius 2 is 1.64 bits per heavy atom. The van der Waals surface area contributed by atoms with Crippen molar-refractivity contribution in [1.29, 1.82) is 0 Å². The van der Waals surface area contributed by atoms with Gasteiger partial charge in [0.1, 0.15) is 16.7 Å². The van der Waals surface area contributed by atoms with Crippen molar-refractivity contribution in [1.82, 2.24) is 24.1 Å². The van der Waals surface area contributed by atoms with Gasteiger partial charge in [-0.3, -0.25) is 9.36 Å². The molecule has 36 heavy (non-hydrogen) atoms. The summed E-state index contributed by atoms with van der Waals surface area (Å²) in [4.78, 5) is 28.8. The smallest absolute Gasteiger partial charge is 0.265 e. The van der Waals surface area contributed by atoms with Gasteiger partial charge in [0.05, 0.1) is 25.3 Å².